The van der Waals surface area contributed by atoms with E-state index in [1.54, 1.807) is 52.7 Å². The lowest BCUT2D eigenvalue weighted by atomic mass is 10.0. The number of hydrogen-bond donors (Lipinski definition) is 2. The maximum Gasteiger partial charge on any atom is 0.275 e. The lowest BCUT2D eigenvalue weighted by molar-refractivity contribution is -0.122. The second-order valence-electron chi connectivity index (χ2n) is 8.38. The summed E-state index contributed by atoms with van der Waals surface area (Å²) in [6.45, 7) is 0.448. The smallest absolute Gasteiger partial charge is 0.275 e. The lowest BCUT2D eigenvalue weighted by Gasteiger charge is -2.11. The molecule has 0 aliphatic heterocycles. The number of ether oxygens (including phenoxy) is 1. The third-order valence-corrected chi connectivity index (χ3v) is 6.50. The van der Waals surface area contributed by atoms with Gasteiger partial charge in [0, 0.05) is 33.8 Å². The molecule has 0 atom stereocenters. The number of benzene rings is 3. The molecule has 5 aromatic rings. The fourth-order valence-corrected chi connectivity index (χ4v) is 4.66. The third-order valence-electron chi connectivity index (χ3n) is 5.61. The van der Waals surface area contributed by atoms with Gasteiger partial charge in [-0.05, 0) is 42.0 Å². The lowest BCUT2D eigenvalue weighted by Crippen LogP contribution is -2.19. The van der Waals surface area contributed by atoms with E-state index in [1.165, 1.54) is 35.6 Å². The number of fused-ring (bicyclic) bond motifs is 1. The van der Waals surface area contributed by atoms with Crippen LogP contribution in [0.2, 0.25) is 0 Å². The number of nitrogens with two attached hydrogens (primary N) is 1. The van der Waals surface area contributed by atoms with Crippen molar-refractivity contribution < 1.29 is 23.1 Å². The van der Waals surface area contributed by atoms with Crippen LogP contribution in [0, 0.1) is 11.6 Å². The summed E-state index contributed by atoms with van der Waals surface area (Å²) < 4.78 is 34.1. The van der Waals surface area contributed by atoms with E-state index in [4.69, 9.17) is 10.5 Å². The molecule has 5 rings (SSSR count). The Bertz CT molecular complexity index is 1630. The molecule has 0 aliphatic rings. The fourth-order valence-electron chi connectivity index (χ4n) is 3.86. The molecule has 0 bridgehead atoms. The zero-order valence-corrected chi connectivity index (χ0v) is 20.7. The molecule has 11 heteroatoms. The van der Waals surface area contributed by atoms with Gasteiger partial charge in [0.1, 0.15) is 28.9 Å². The van der Waals surface area contributed by atoms with Crippen molar-refractivity contribution in [3.63, 3.8) is 0 Å². The second-order valence-corrected chi connectivity index (χ2v) is 9.24. The van der Waals surface area contributed by atoms with E-state index in [9.17, 15) is 18.4 Å². The highest BCUT2D eigenvalue weighted by molar-refractivity contribution is 7.13. The monoisotopic (exact) mass is 533 g/mol. The Morgan fingerprint density at radius 3 is 2.61 bits per heavy atom. The molecule has 8 nitrogen and oxygen atoms in total. The van der Waals surface area contributed by atoms with Gasteiger partial charge >= 0.3 is 0 Å². The summed E-state index contributed by atoms with van der Waals surface area (Å²) in [4.78, 5) is 28.4. The first-order valence-corrected chi connectivity index (χ1v) is 12.4. The molecule has 0 saturated carbocycles. The zero-order valence-electron chi connectivity index (χ0n) is 19.9. The number of halogens is 2. The van der Waals surface area contributed by atoms with E-state index in [1.807, 2.05) is 0 Å². The molecule has 0 saturated heterocycles. The number of nitrogens with one attached hydrogen (secondary N) is 1. The summed E-state index contributed by atoms with van der Waals surface area (Å²) in [5.41, 5.74) is 8.31. The van der Waals surface area contributed by atoms with Gasteiger partial charge in [-0.25, -0.2) is 13.8 Å². The average molecular weight is 534 g/mol. The maximum atomic E-state index is 13.6. The molecule has 0 fully saturated rings. The van der Waals surface area contributed by atoms with Gasteiger partial charge in [-0.15, -0.1) is 11.3 Å². The van der Waals surface area contributed by atoms with Gasteiger partial charge in [-0.2, -0.15) is 5.10 Å². The number of amides is 2. The number of thiazole rings is 1. The second kappa shape index (κ2) is 10.9. The molecular weight excluding hydrogens is 512 g/mol. The predicted molar refractivity (Wildman–Crippen MR) is 141 cm³/mol. The van der Waals surface area contributed by atoms with E-state index >= 15 is 0 Å². The van der Waals surface area contributed by atoms with E-state index in [2.05, 4.69) is 15.4 Å². The van der Waals surface area contributed by atoms with Gasteiger partial charge in [-0.3, -0.25) is 14.3 Å². The number of hydrogen-bond acceptors (Lipinski definition) is 6. The SMILES string of the molecule is NC(=O)COCCn1cc2cc(NC(=O)c3csc(-c4cccc(F)c4)n3)c(-c3ccc(F)cc3)cc2n1. The Morgan fingerprint density at radius 1 is 1.03 bits per heavy atom. The number of nitrogens with zero attached hydrogens (tertiary/aromatic N) is 3. The highest BCUT2D eigenvalue weighted by Crippen LogP contribution is 2.33. The van der Waals surface area contributed by atoms with Crippen LogP contribution < -0.4 is 11.1 Å². The third kappa shape index (κ3) is 5.74. The van der Waals surface area contributed by atoms with Gasteiger partial charge in [0.2, 0.25) is 5.91 Å². The standard InChI is InChI=1S/C27H21F2N5O3S/c28-19-6-4-16(5-7-19)21-12-22-18(13-34(33-22)8-9-37-14-25(30)35)11-23(21)31-26(36)24-15-38-27(32-24)17-2-1-3-20(29)10-17/h1-7,10-13,15H,8-9,14H2,(H2,30,35)(H,31,36). The molecule has 3 aromatic carbocycles. The van der Waals surface area contributed by atoms with Crippen molar-refractivity contribution in [2.75, 3.05) is 18.5 Å². The normalized spacial score (nSPS) is 11.1. The van der Waals surface area contributed by atoms with E-state index in [0.717, 1.165) is 5.39 Å². The topological polar surface area (TPSA) is 112 Å². The number of carbonyl (C=O) groups is 2. The Kier molecular flexibility index (Phi) is 7.20. The van der Waals surface area contributed by atoms with Crippen molar-refractivity contribution in [3.8, 4) is 21.7 Å². The van der Waals surface area contributed by atoms with Gasteiger partial charge in [0.05, 0.1) is 18.7 Å². The number of anilines is 1. The minimum atomic E-state index is -0.553. The first-order chi connectivity index (χ1) is 18.4. The molecule has 0 aliphatic carbocycles. The van der Waals surface area contributed by atoms with Crippen LogP contribution in [0.15, 0.2) is 72.2 Å². The Morgan fingerprint density at radius 2 is 1.84 bits per heavy atom. The van der Waals surface area contributed by atoms with Crippen molar-refractivity contribution in [3.05, 3.63) is 89.6 Å². The number of primary amides is 1. The van der Waals surface area contributed by atoms with Crippen LogP contribution in [-0.4, -0.2) is 39.8 Å². The first kappa shape index (κ1) is 25.2. The number of rotatable bonds is 9. The van der Waals surface area contributed by atoms with Crippen LogP contribution in [-0.2, 0) is 16.1 Å². The maximum absolute atomic E-state index is 13.6. The minimum absolute atomic E-state index is 0.177. The summed E-state index contributed by atoms with van der Waals surface area (Å²) in [5, 5.41) is 10.3. The molecule has 38 heavy (non-hydrogen) atoms. The summed E-state index contributed by atoms with van der Waals surface area (Å²) in [6, 6.07) is 15.5. The van der Waals surface area contributed by atoms with Gasteiger partial charge in [0.15, 0.2) is 0 Å². The highest BCUT2D eigenvalue weighted by atomic mass is 32.1. The van der Waals surface area contributed by atoms with Crippen molar-refractivity contribution in [1.29, 1.82) is 0 Å². The fraction of sp³-hybridized carbons (Fsp3) is 0.111. The molecule has 3 N–H and O–H groups in total. The average Bonchev–Trinajstić information content (AvgIpc) is 3.54. The summed E-state index contributed by atoms with van der Waals surface area (Å²) in [5.74, 6) is -1.77. The van der Waals surface area contributed by atoms with Gasteiger partial charge < -0.3 is 15.8 Å². The van der Waals surface area contributed by atoms with Gasteiger partial charge in [0.25, 0.3) is 5.91 Å². The quantitative estimate of drug-likeness (QED) is 0.263. The zero-order chi connectivity index (χ0) is 26.6. The molecular formula is C27H21F2N5O3S. The summed E-state index contributed by atoms with van der Waals surface area (Å²) >= 11 is 1.24. The molecule has 2 aromatic heterocycles. The predicted octanol–water partition coefficient (Wildman–Crippen LogP) is 4.86. The molecule has 0 unspecified atom stereocenters. The summed E-state index contributed by atoms with van der Waals surface area (Å²) in [7, 11) is 0. The van der Waals surface area contributed by atoms with Crippen LogP contribution >= 0.6 is 11.3 Å². The molecule has 2 amide bonds. The van der Waals surface area contributed by atoms with Crippen molar-refractivity contribution in [1.82, 2.24) is 14.8 Å². The Labute approximate surface area is 219 Å². The Hall–Kier alpha value is -4.48. The minimum Gasteiger partial charge on any atom is -0.370 e. The van der Waals surface area contributed by atoms with Crippen molar-refractivity contribution in [2.45, 2.75) is 6.54 Å². The van der Waals surface area contributed by atoms with Crippen molar-refractivity contribution >= 4 is 39.7 Å². The Balaban J connectivity index is 1.44. The van der Waals surface area contributed by atoms with Crippen LogP contribution in [0.5, 0.6) is 0 Å². The molecule has 0 spiro atoms. The van der Waals surface area contributed by atoms with E-state index in [0.29, 0.717) is 39.4 Å². The van der Waals surface area contributed by atoms with E-state index in [-0.39, 0.29) is 30.5 Å². The van der Waals surface area contributed by atoms with E-state index < -0.39 is 11.8 Å². The number of aromatic nitrogens is 3. The molecule has 0 radical (unpaired) electrons. The molecule has 2 heterocycles. The van der Waals surface area contributed by atoms with Crippen molar-refractivity contribution in [2.24, 2.45) is 5.73 Å². The summed E-state index contributed by atoms with van der Waals surface area (Å²) in [6.07, 6.45) is 1.79. The number of carbonyl (C=O) groups excluding carboxylic acids is 2. The van der Waals surface area contributed by atoms with Crippen LogP contribution in [0.4, 0.5) is 14.5 Å². The van der Waals surface area contributed by atoms with Crippen LogP contribution in [0.1, 0.15) is 10.5 Å². The first-order valence-electron chi connectivity index (χ1n) is 11.5. The van der Waals surface area contributed by atoms with Crippen LogP contribution in [0.3, 0.4) is 0 Å². The largest absolute Gasteiger partial charge is 0.370 e. The van der Waals surface area contributed by atoms with Gasteiger partial charge in [-0.1, -0.05) is 24.3 Å². The highest BCUT2D eigenvalue weighted by Gasteiger charge is 2.17. The van der Waals surface area contributed by atoms with Crippen LogP contribution in [0.25, 0.3) is 32.6 Å². The molecule has 192 valence electrons.